The molecule has 0 atom stereocenters. The lowest BCUT2D eigenvalue weighted by Crippen LogP contribution is -2.07. The number of nitrogens with zero attached hydrogens (tertiary/aromatic N) is 1. The van der Waals surface area contributed by atoms with Crippen LogP contribution in [0.15, 0.2) is 24.3 Å². The van der Waals surface area contributed by atoms with E-state index in [1.807, 2.05) is 6.07 Å². The van der Waals surface area contributed by atoms with Gasteiger partial charge in [-0.1, -0.05) is 12.1 Å². The smallest absolute Gasteiger partial charge is 0.306 e. The third-order valence-electron chi connectivity index (χ3n) is 2.20. The van der Waals surface area contributed by atoms with Crippen LogP contribution < -0.4 is 0 Å². The summed E-state index contributed by atoms with van der Waals surface area (Å²) < 4.78 is 4.73. The highest BCUT2D eigenvalue weighted by Crippen LogP contribution is 2.08. The summed E-state index contributed by atoms with van der Waals surface area (Å²) in [5.74, 6) is -0.489. The molecule has 0 fully saturated rings. The number of ketones is 1. The molecule has 0 saturated carbocycles. The summed E-state index contributed by atoms with van der Waals surface area (Å²) in [6.07, 6.45) is 0.220. The minimum atomic E-state index is -0.366. The monoisotopic (exact) mass is 231 g/mol. The van der Waals surface area contributed by atoms with E-state index in [2.05, 4.69) is 0 Å². The number of nitriles is 1. The fourth-order valence-electron chi connectivity index (χ4n) is 1.32. The first-order valence-electron chi connectivity index (χ1n) is 5.36. The van der Waals surface area contributed by atoms with Gasteiger partial charge in [0.1, 0.15) is 0 Å². The largest absolute Gasteiger partial charge is 0.466 e. The first kappa shape index (κ1) is 12.9. The Balaban J connectivity index is 2.52. The van der Waals surface area contributed by atoms with Crippen LogP contribution in [0.3, 0.4) is 0 Å². The average Bonchev–Trinajstić information content (AvgIpc) is 2.36. The van der Waals surface area contributed by atoms with Gasteiger partial charge in [0.05, 0.1) is 24.7 Å². The standard InChI is InChI=1S/C13H13NO3/c1-2-17-13(16)8-7-12(15)11-5-3-10(9-14)4-6-11/h3-6H,2,7-8H2,1H3. The number of carbonyl (C=O) groups excluding carboxylic acids is 2. The highest BCUT2D eigenvalue weighted by Gasteiger charge is 2.09. The van der Waals surface area contributed by atoms with E-state index in [0.29, 0.717) is 17.7 Å². The van der Waals surface area contributed by atoms with Gasteiger partial charge in [0.15, 0.2) is 5.78 Å². The molecule has 0 saturated heterocycles. The highest BCUT2D eigenvalue weighted by atomic mass is 16.5. The van der Waals surface area contributed by atoms with E-state index in [1.54, 1.807) is 31.2 Å². The molecule has 0 spiro atoms. The summed E-state index contributed by atoms with van der Waals surface area (Å²) in [5.41, 5.74) is 1.01. The van der Waals surface area contributed by atoms with Crippen LogP contribution in [-0.4, -0.2) is 18.4 Å². The van der Waals surface area contributed by atoms with Crippen molar-refractivity contribution in [2.45, 2.75) is 19.8 Å². The lowest BCUT2D eigenvalue weighted by molar-refractivity contribution is -0.143. The third-order valence-corrected chi connectivity index (χ3v) is 2.20. The molecule has 0 aliphatic heterocycles. The lowest BCUT2D eigenvalue weighted by Gasteiger charge is -2.01. The second-order valence-corrected chi connectivity index (χ2v) is 3.42. The Labute approximate surface area is 99.8 Å². The van der Waals surface area contributed by atoms with Crippen molar-refractivity contribution >= 4 is 11.8 Å². The van der Waals surface area contributed by atoms with Crippen molar-refractivity contribution in [3.05, 3.63) is 35.4 Å². The number of rotatable bonds is 5. The number of ether oxygens (including phenoxy) is 1. The molecule has 1 aromatic carbocycles. The Bertz CT molecular complexity index is 443. The van der Waals surface area contributed by atoms with Crippen LogP contribution >= 0.6 is 0 Å². The molecular weight excluding hydrogens is 218 g/mol. The van der Waals surface area contributed by atoms with Gasteiger partial charge in [-0.2, -0.15) is 5.26 Å². The molecular formula is C13H13NO3. The van der Waals surface area contributed by atoms with Crippen molar-refractivity contribution in [1.82, 2.24) is 0 Å². The number of carbonyl (C=O) groups is 2. The van der Waals surface area contributed by atoms with E-state index < -0.39 is 0 Å². The van der Waals surface area contributed by atoms with Gasteiger partial charge in [-0.05, 0) is 19.1 Å². The SMILES string of the molecule is CCOC(=O)CCC(=O)c1ccc(C#N)cc1. The summed E-state index contributed by atoms with van der Waals surface area (Å²) in [4.78, 5) is 22.7. The van der Waals surface area contributed by atoms with Crippen molar-refractivity contribution in [2.75, 3.05) is 6.61 Å². The first-order valence-corrected chi connectivity index (χ1v) is 5.36. The summed E-state index contributed by atoms with van der Waals surface area (Å²) in [6.45, 7) is 2.05. The summed E-state index contributed by atoms with van der Waals surface area (Å²) in [5, 5.41) is 8.61. The quantitative estimate of drug-likeness (QED) is 0.574. The molecule has 1 aromatic rings. The predicted octanol–water partition coefficient (Wildman–Crippen LogP) is 2.08. The van der Waals surface area contributed by atoms with E-state index in [9.17, 15) is 9.59 Å². The lowest BCUT2D eigenvalue weighted by atomic mass is 10.1. The van der Waals surface area contributed by atoms with Crippen molar-refractivity contribution in [1.29, 1.82) is 5.26 Å². The van der Waals surface area contributed by atoms with E-state index in [-0.39, 0.29) is 24.6 Å². The number of hydrogen-bond acceptors (Lipinski definition) is 4. The van der Waals surface area contributed by atoms with Gasteiger partial charge in [0.25, 0.3) is 0 Å². The summed E-state index contributed by atoms with van der Waals surface area (Å²) in [6, 6.07) is 8.32. The Hall–Kier alpha value is -2.15. The van der Waals surface area contributed by atoms with Crippen molar-refractivity contribution in [3.63, 3.8) is 0 Å². The maximum Gasteiger partial charge on any atom is 0.306 e. The molecule has 0 aliphatic carbocycles. The second-order valence-electron chi connectivity index (χ2n) is 3.42. The van der Waals surface area contributed by atoms with Crippen LogP contribution in [0, 0.1) is 11.3 Å². The first-order chi connectivity index (χ1) is 8.17. The normalized spacial score (nSPS) is 9.41. The highest BCUT2D eigenvalue weighted by molar-refractivity contribution is 5.97. The number of benzene rings is 1. The van der Waals surface area contributed by atoms with Crippen LogP contribution in [0.1, 0.15) is 35.7 Å². The Morgan fingerprint density at radius 3 is 2.41 bits per heavy atom. The number of esters is 1. The molecule has 1 rings (SSSR count). The maximum atomic E-state index is 11.7. The van der Waals surface area contributed by atoms with Crippen LogP contribution in [0.25, 0.3) is 0 Å². The molecule has 17 heavy (non-hydrogen) atoms. The Morgan fingerprint density at radius 2 is 1.88 bits per heavy atom. The average molecular weight is 231 g/mol. The van der Waals surface area contributed by atoms with Gasteiger partial charge in [-0.25, -0.2) is 0 Å². The Kier molecular flexibility index (Phi) is 4.89. The molecule has 0 aliphatic rings. The topological polar surface area (TPSA) is 67.2 Å². The Morgan fingerprint density at radius 1 is 1.24 bits per heavy atom. The third kappa shape index (κ3) is 4.07. The van der Waals surface area contributed by atoms with E-state index >= 15 is 0 Å². The van der Waals surface area contributed by atoms with E-state index in [1.165, 1.54) is 0 Å². The molecule has 0 bridgehead atoms. The molecule has 4 nitrogen and oxygen atoms in total. The number of hydrogen-bond donors (Lipinski definition) is 0. The van der Waals surface area contributed by atoms with E-state index in [0.717, 1.165) is 0 Å². The molecule has 0 radical (unpaired) electrons. The van der Waals surface area contributed by atoms with Crippen LogP contribution in [0.2, 0.25) is 0 Å². The van der Waals surface area contributed by atoms with Crippen LogP contribution in [0.5, 0.6) is 0 Å². The second kappa shape index (κ2) is 6.44. The molecule has 0 amide bonds. The van der Waals surface area contributed by atoms with Crippen molar-refractivity contribution < 1.29 is 14.3 Å². The van der Waals surface area contributed by atoms with E-state index in [4.69, 9.17) is 10.00 Å². The fraction of sp³-hybridized carbons (Fsp3) is 0.308. The fourth-order valence-corrected chi connectivity index (χ4v) is 1.32. The van der Waals surface area contributed by atoms with Gasteiger partial charge in [0.2, 0.25) is 0 Å². The minimum Gasteiger partial charge on any atom is -0.466 e. The molecule has 0 aromatic heterocycles. The zero-order valence-corrected chi connectivity index (χ0v) is 9.60. The molecule has 0 heterocycles. The predicted molar refractivity (Wildman–Crippen MR) is 61.4 cm³/mol. The van der Waals surface area contributed by atoms with Crippen LogP contribution in [-0.2, 0) is 9.53 Å². The summed E-state index contributed by atoms with van der Waals surface area (Å²) >= 11 is 0. The van der Waals surface area contributed by atoms with Crippen molar-refractivity contribution in [2.24, 2.45) is 0 Å². The van der Waals surface area contributed by atoms with Gasteiger partial charge < -0.3 is 4.74 Å². The molecule has 4 heteroatoms. The maximum absolute atomic E-state index is 11.7. The summed E-state index contributed by atoms with van der Waals surface area (Å²) in [7, 11) is 0. The zero-order chi connectivity index (χ0) is 12.7. The van der Waals surface area contributed by atoms with Gasteiger partial charge in [-0.3, -0.25) is 9.59 Å². The molecule has 0 N–H and O–H groups in total. The van der Waals surface area contributed by atoms with Crippen LogP contribution in [0.4, 0.5) is 0 Å². The van der Waals surface area contributed by atoms with Crippen molar-refractivity contribution in [3.8, 4) is 6.07 Å². The zero-order valence-electron chi connectivity index (χ0n) is 9.60. The minimum absolute atomic E-state index is 0.0900. The molecule has 88 valence electrons. The number of Topliss-reactive ketones (excluding diaryl/α,β-unsaturated/α-hetero) is 1. The molecule has 0 unspecified atom stereocenters. The van der Waals surface area contributed by atoms with Gasteiger partial charge in [-0.15, -0.1) is 0 Å². The van der Waals surface area contributed by atoms with Gasteiger partial charge in [0, 0.05) is 12.0 Å². The van der Waals surface area contributed by atoms with Gasteiger partial charge >= 0.3 is 5.97 Å².